The smallest absolute Gasteiger partial charge is 0.336 e. The largest absolute Gasteiger partial charge is 0.489 e. The SMILES string of the molecule is O=C(O)c1ccc(OCc2ccccc2)cc1Br. The number of aromatic carboxylic acids is 1. The number of carboxylic acids is 1. The molecule has 0 atom stereocenters. The summed E-state index contributed by atoms with van der Waals surface area (Å²) in [5, 5.41) is 8.89. The molecule has 1 N–H and O–H groups in total. The van der Waals surface area contributed by atoms with Crippen LogP contribution in [0.3, 0.4) is 0 Å². The van der Waals surface area contributed by atoms with E-state index in [-0.39, 0.29) is 5.56 Å². The summed E-state index contributed by atoms with van der Waals surface area (Å²) in [5.74, 6) is -0.327. The summed E-state index contributed by atoms with van der Waals surface area (Å²) in [6.07, 6.45) is 0. The van der Waals surface area contributed by atoms with Crippen LogP contribution in [0.2, 0.25) is 0 Å². The van der Waals surface area contributed by atoms with Gasteiger partial charge in [-0.2, -0.15) is 0 Å². The topological polar surface area (TPSA) is 46.5 Å². The summed E-state index contributed by atoms with van der Waals surface area (Å²) in [5.41, 5.74) is 1.29. The van der Waals surface area contributed by atoms with E-state index in [1.54, 1.807) is 12.1 Å². The Morgan fingerprint density at radius 1 is 1.17 bits per heavy atom. The van der Waals surface area contributed by atoms with Crippen molar-refractivity contribution in [3.05, 3.63) is 64.1 Å². The molecule has 3 nitrogen and oxygen atoms in total. The number of rotatable bonds is 4. The molecular weight excluding hydrogens is 296 g/mol. The molecule has 0 bridgehead atoms. The first-order valence-corrected chi connectivity index (χ1v) is 6.15. The fourth-order valence-corrected chi connectivity index (χ4v) is 2.03. The highest BCUT2D eigenvalue weighted by atomic mass is 79.9. The number of carboxylic acid groups (broad SMARTS) is 1. The summed E-state index contributed by atoms with van der Waals surface area (Å²) in [4.78, 5) is 10.8. The van der Waals surface area contributed by atoms with Crippen LogP contribution in [0.4, 0.5) is 0 Å². The normalized spacial score (nSPS) is 10.1. The summed E-state index contributed by atoms with van der Waals surface area (Å²) < 4.78 is 6.10. The molecule has 0 amide bonds. The number of benzene rings is 2. The molecule has 92 valence electrons. The first kappa shape index (κ1) is 12.6. The lowest BCUT2D eigenvalue weighted by Gasteiger charge is -2.07. The summed E-state index contributed by atoms with van der Waals surface area (Å²) in [7, 11) is 0. The lowest BCUT2D eigenvalue weighted by atomic mass is 10.2. The van der Waals surface area contributed by atoms with Crippen molar-refractivity contribution in [2.45, 2.75) is 6.61 Å². The van der Waals surface area contributed by atoms with E-state index in [2.05, 4.69) is 15.9 Å². The number of hydrogen-bond acceptors (Lipinski definition) is 2. The van der Waals surface area contributed by atoms with Gasteiger partial charge >= 0.3 is 5.97 Å². The molecule has 4 heteroatoms. The zero-order valence-electron chi connectivity index (χ0n) is 9.47. The molecule has 0 aliphatic rings. The Morgan fingerprint density at radius 3 is 2.50 bits per heavy atom. The van der Waals surface area contributed by atoms with Crippen LogP contribution < -0.4 is 4.74 Å². The number of halogens is 1. The van der Waals surface area contributed by atoms with Crippen molar-refractivity contribution in [2.75, 3.05) is 0 Å². The van der Waals surface area contributed by atoms with Crippen LogP contribution in [-0.2, 0) is 6.61 Å². The summed E-state index contributed by atoms with van der Waals surface area (Å²) in [6.45, 7) is 0.458. The molecule has 0 aliphatic heterocycles. The Hall–Kier alpha value is -1.81. The van der Waals surface area contributed by atoms with Crippen LogP contribution >= 0.6 is 15.9 Å². The van der Waals surface area contributed by atoms with Crippen LogP contribution in [0, 0.1) is 0 Å². The van der Waals surface area contributed by atoms with E-state index in [1.807, 2.05) is 30.3 Å². The third-order valence-electron chi connectivity index (χ3n) is 2.42. The van der Waals surface area contributed by atoms with Crippen molar-refractivity contribution < 1.29 is 14.6 Å². The lowest BCUT2D eigenvalue weighted by molar-refractivity contribution is 0.0696. The van der Waals surface area contributed by atoms with Gasteiger partial charge in [-0.15, -0.1) is 0 Å². The second kappa shape index (κ2) is 5.69. The minimum atomic E-state index is -0.962. The maximum atomic E-state index is 10.8. The highest BCUT2D eigenvalue weighted by Gasteiger charge is 2.08. The van der Waals surface area contributed by atoms with Crippen molar-refractivity contribution in [3.63, 3.8) is 0 Å². The van der Waals surface area contributed by atoms with E-state index < -0.39 is 5.97 Å². The molecule has 0 aromatic heterocycles. The highest BCUT2D eigenvalue weighted by Crippen LogP contribution is 2.23. The molecule has 0 saturated carbocycles. The van der Waals surface area contributed by atoms with Crippen LogP contribution in [0.25, 0.3) is 0 Å². The van der Waals surface area contributed by atoms with Crippen LogP contribution in [0.15, 0.2) is 53.0 Å². The first-order chi connectivity index (χ1) is 8.66. The minimum absolute atomic E-state index is 0.224. The van der Waals surface area contributed by atoms with Crippen LogP contribution in [0.1, 0.15) is 15.9 Å². The Balaban J connectivity index is 2.07. The lowest BCUT2D eigenvalue weighted by Crippen LogP contribution is -1.99. The van der Waals surface area contributed by atoms with Crippen molar-refractivity contribution in [1.29, 1.82) is 0 Å². The van der Waals surface area contributed by atoms with E-state index in [0.29, 0.717) is 16.8 Å². The molecular formula is C14H11BrO3. The van der Waals surface area contributed by atoms with E-state index in [1.165, 1.54) is 6.07 Å². The van der Waals surface area contributed by atoms with Crippen LogP contribution in [-0.4, -0.2) is 11.1 Å². The molecule has 0 aliphatic carbocycles. The Kier molecular flexibility index (Phi) is 3.99. The van der Waals surface area contributed by atoms with Gasteiger partial charge in [0.05, 0.1) is 5.56 Å². The Bertz CT molecular complexity index is 552. The molecule has 2 rings (SSSR count). The summed E-state index contributed by atoms with van der Waals surface area (Å²) >= 11 is 3.21. The van der Waals surface area contributed by atoms with Crippen LogP contribution in [0.5, 0.6) is 5.75 Å². The molecule has 2 aromatic rings. The van der Waals surface area contributed by atoms with E-state index in [0.717, 1.165) is 5.56 Å². The van der Waals surface area contributed by atoms with Gasteiger partial charge in [-0.05, 0) is 39.7 Å². The molecule has 0 unspecified atom stereocenters. The van der Waals surface area contributed by atoms with Gasteiger partial charge in [0.1, 0.15) is 12.4 Å². The molecule has 0 saturated heterocycles. The molecule has 0 spiro atoms. The maximum Gasteiger partial charge on any atom is 0.336 e. The number of ether oxygens (including phenoxy) is 1. The zero-order valence-corrected chi connectivity index (χ0v) is 11.1. The predicted molar refractivity (Wildman–Crippen MR) is 71.9 cm³/mol. The van der Waals surface area contributed by atoms with E-state index >= 15 is 0 Å². The quantitative estimate of drug-likeness (QED) is 0.936. The second-order valence-electron chi connectivity index (χ2n) is 3.72. The molecule has 0 fully saturated rings. The maximum absolute atomic E-state index is 10.8. The monoisotopic (exact) mass is 306 g/mol. The van der Waals surface area contributed by atoms with E-state index in [4.69, 9.17) is 9.84 Å². The van der Waals surface area contributed by atoms with Gasteiger partial charge < -0.3 is 9.84 Å². The van der Waals surface area contributed by atoms with Crippen molar-refractivity contribution in [1.82, 2.24) is 0 Å². The fraction of sp³-hybridized carbons (Fsp3) is 0.0714. The average Bonchev–Trinajstić information content (AvgIpc) is 2.37. The standard InChI is InChI=1S/C14H11BrO3/c15-13-8-11(6-7-12(13)14(16)17)18-9-10-4-2-1-3-5-10/h1-8H,9H2,(H,16,17). The molecule has 18 heavy (non-hydrogen) atoms. The van der Waals surface area contributed by atoms with Gasteiger partial charge in [0.2, 0.25) is 0 Å². The third-order valence-corrected chi connectivity index (χ3v) is 3.08. The molecule has 0 heterocycles. The van der Waals surface area contributed by atoms with Crippen molar-refractivity contribution in [3.8, 4) is 5.75 Å². The van der Waals surface area contributed by atoms with Gasteiger partial charge in [-0.1, -0.05) is 30.3 Å². The molecule has 0 radical (unpaired) electrons. The Labute approximate surface area is 113 Å². The van der Waals surface area contributed by atoms with Gasteiger partial charge in [-0.25, -0.2) is 4.79 Å². The average molecular weight is 307 g/mol. The predicted octanol–water partition coefficient (Wildman–Crippen LogP) is 3.73. The number of carbonyl (C=O) groups is 1. The minimum Gasteiger partial charge on any atom is -0.489 e. The Morgan fingerprint density at radius 2 is 1.89 bits per heavy atom. The highest BCUT2D eigenvalue weighted by molar-refractivity contribution is 9.10. The van der Waals surface area contributed by atoms with Gasteiger partial charge in [-0.3, -0.25) is 0 Å². The fourth-order valence-electron chi connectivity index (χ4n) is 1.50. The van der Waals surface area contributed by atoms with Crippen molar-refractivity contribution in [2.24, 2.45) is 0 Å². The second-order valence-corrected chi connectivity index (χ2v) is 4.58. The van der Waals surface area contributed by atoms with Gasteiger partial charge in [0.25, 0.3) is 0 Å². The third kappa shape index (κ3) is 3.11. The van der Waals surface area contributed by atoms with Gasteiger partial charge in [0, 0.05) is 4.47 Å². The zero-order chi connectivity index (χ0) is 13.0. The summed E-state index contributed by atoms with van der Waals surface area (Å²) in [6, 6.07) is 14.6. The van der Waals surface area contributed by atoms with E-state index in [9.17, 15) is 4.79 Å². The molecule has 2 aromatic carbocycles. The van der Waals surface area contributed by atoms with Crippen molar-refractivity contribution >= 4 is 21.9 Å². The first-order valence-electron chi connectivity index (χ1n) is 5.36. The number of hydrogen-bond donors (Lipinski definition) is 1. The van der Waals surface area contributed by atoms with Gasteiger partial charge in [0.15, 0.2) is 0 Å².